The first-order valence-corrected chi connectivity index (χ1v) is 56.9. The number of carbonyl (C=O) groups is 5. The second kappa shape index (κ2) is 43.5. The third kappa shape index (κ3) is 24.5. The molecule has 3 N–H and O–H groups in total. The van der Waals surface area contributed by atoms with E-state index in [2.05, 4.69) is 174 Å². The zero-order valence-electron chi connectivity index (χ0n) is 80.4. The molecular weight excluding hydrogens is 1980 g/mol. The van der Waals surface area contributed by atoms with Crippen molar-refractivity contribution in [2.75, 3.05) is 26.4 Å². The minimum Gasteiger partial charge on any atom is -0.743 e. The van der Waals surface area contributed by atoms with Gasteiger partial charge in [0.15, 0.2) is 101 Å². The SMILES string of the molecule is Cc1cc([S+](c2ccccc2)c2ccccc2)cc(C)c1OC(=O)C12CC3CC(CC(C3)C1)C2.Cc1cc([S+](c2ccccc2)c2ccccc2)cc(C)c1OCC(=O)O.O=C(OCC(F)(F)S(=O)(=O)[O-])C12CC3CC(CC(C3)C1)C2.O=C(OCC(F)(F)S(=O)(=O)[O-])C12CC3CC(CC(C3)C1)C2.O=C(OCC(F)(F)S(=O)(=O)[O-])C12CC3CC(CC(C3)C1)C2.Oc1ccc([S+](c2ccccc2)c2ccc(O)cc2)cc1. The van der Waals surface area contributed by atoms with Gasteiger partial charge in [0.25, 0.3) is 0 Å². The summed E-state index contributed by atoms with van der Waals surface area (Å²) in [5.74, 6) is 4.90. The van der Waals surface area contributed by atoms with Crippen LogP contribution in [0.3, 0.4) is 0 Å². The summed E-state index contributed by atoms with van der Waals surface area (Å²) in [4.78, 5) is 72.1. The highest BCUT2D eigenvalue weighted by atomic mass is 32.2. The maximum atomic E-state index is 13.6. The van der Waals surface area contributed by atoms with Gasteiger partial charge in [0.2, 0.25) is 0 Å². The molecule has 144 heavy (non-hydrogen) atoms. The summed E-state index contributed by atoms with van der Waals surface area (Å²) in [6.07, 6.45) is 22.5. The molecule has 34 heteroatoms. The molecule has 0 radical (unpaired) electrons. The Morgan fingerprint density at radius 2 is 0.493 bits per heavy atom. The molecule has 0 spiro atoms. The van der Waals surface area contributed by atoms with E-state index in [1.807, 2.05) is 68.4 Å². The zero-order chi connectivity index (χ0) is 103. The lowest BCUT2D eigenvalue weighted by Crippen LogP contribution is -2.51. The lowest BCUT2D eigenvalue weighted by Gasteiger charge is -2.55. The van der Waals surface area contributed by atoms with Gasteiger partial charge in [0.1, 0.15) is 23.0 Å². The van der Waals surface area contributed by atoms with Crippen molar-refractivity contribution in [3.63, 3.8) is 0 Å². The summed E-state index contributed by atoms with van der Waals surface area (Å²) < 4.78 is 198. The Balaban J connectivity index is 0.000000125. The van der Waals surface area contributed by atoms with Crippen LogP contribution < -0.4 is 9.47 Å². The molecule has 16 bridgehead atoms. The Labute approximate surface area is 845 Å². The molecule has 25 rings (SSSR count). The van der Waals surface area contributed by atoms with E-state index in [1.54, 1.807) is 24.3 Å². The van der Waals surface area contributed by atoms with E-state index in [1.165, 1.54) is 53.5 Å². The van der Waals surface area contributed by atoms with E-state index in [4.69, 9.17) is 14.6 Å². The van der Waals surface area contributed by atoms with Crippen LogP contribution in [-0.2, 0) is 101 Å². The highest BCUT2D eigenvalue weighted by molar-refractivity contribution is 7.97. The van der Waals surface area contributed by atoms with Crippen LogP contribution in [0.15, 0.2) is 269 Å². The van der Waals surface area contributed by atoms with E-state index >= 15 is 0 Å². The van der Waals surface area contributed by atoms with Crippen molar-refractivity contribution >= 4 is 92.9 Å². The number of carboxylic acid groups (broad SMARTS) is 1. The second-order valence-electron chi connectivity index (χ2n) is 42.1. The second-order valence-corrected chi connectivity index (χ2v) is 52.7. The molecule has 16 saturated carbocycles. The van der Waals surface area contributed by atoms with Gasteiger partial charge in [0.05, 0.1) is 54.3 Å². The molecule has 0 aliphatic heterocycles. The fourth-order valence-electron chi connectivity index (χ4n) is 26.5. The average Bonchev–Trinajstić information content (AvgIpc) is 0.749. The van der Waals surface area contributed by atoms with Gasteiger partial charge in [-0.3, -0.25) is 19.2 Å². The molecule has 16 aliphatic carbocycles. The first-order valence-electron chi connectivity index (χ1n) is 49.0. The van der Waals surface area contributed by atoms with Crippen molar-refractivity contribution in [2.24, 2.45) is 92.7 Å². The van der Waals surface area contributed by atoms with E-state index in [0.717, 1.165) is 133 Å². The van der Waals surface area contributed by atoms with Crippen LogP contribution >= 0.6 is 0 Å². The summed E-state index contributed by atoms with van der Waals surface area (Å²) in [6, 6.07) is 75.8. The first kappa shape index (κ1) is 107. The van der Waals surface area contributed by atoms with Gasteiger partial charge in [-0.15, -0.1) is 0 Å². The van der Waals surface area contributed by atoms with Gasteiger partial charge in [-0.1, -0.05) is 91.0 Å². The van der Waals surface area contributed by atoms with Crippen LogP contribution in [0.25, 0.3) is 0 Å². The zero-order valence-corrected chi connectivity index (χ0v) is 85.3. The number of alkyl halides is 6. The molecule has 770 valence electrons. The third-order valence-corrected chi connectivity index (χ3v) is 40.2. The summed E-state index contributed by atoms with van der Waals surface area (Å²) in [5, 5.41) is 14.2. The quantitative estimate of drug-likeness (QED) is 0.0113. The molecule has 0 aromatic heterocycles. The van der Waals surface area contributed by atoms with Gasteiger partial charge < -0.3 is 52.7 Å². The number of phenols is 2. The maximum absolute atomic E-state index is 13.6. The van der Waals surface area contributed by atoms with Gasteiger partial charge in [-0.05, 0) is 384 Å². The molecule has 9 aromatic rings. The molecule has 0 amide bonds. The number of aromatic hydroxyl groups is 2. The maximum Gasteiger partial charge on any atom is 0.367 e. The number of benzene rings is 9. The molecule has 9 aromatic carbocycles. The van der Waals surface area contributed by atoms with Crippen molar-refractivity contribution in [3.05, 3.63) is 247 Å². The average molecular weight is 2100 g/mol. The summed E-state index contributed by atoms with van der Waals surface area (Å²) in [5.41, 5.74) is 1.56. The summed E-state index contributed by atoms with van der Waals surface area (Å²) in [6.45, 7) is 2.74. The monoisotopic (exact) mass is 2100 g/mol. The van der Waals surface area contributed by atoms with Crippen LogP contribution in [0.2, 0.25) is 0 Å². The molecular formula is C110H120F6O22S6. The van der Waals surface area contributed by atoms with E-state index in [-0.39, 0.29) is 62.2 Å². The van der Waals surface area contributed by atoms with Crippen LogP contribution in [0.5, 0.6) is 23.0 Å². The number of phenolic OH excluding ortho intramolecular Hbond substituents is 2. The predicted octanol–water partition coefficient (Wildman–Crippen LogP) is 22.2. The number of carbonyl (C=O) groups excluding carboxylic acids is 4. The number of carboxylic acids is 1. The smallest absolute Gasteiger partial charge is 0.367 e. The third-order valence-electron chi connectivity index (χ3n) is 31.0. The molecule has 0 unspecified atom stereocenters. The van der Waals surface area contributed by atoms with Crippen molar-refractivity contribution < 1.29 is 128 Å². The molecule has 16 aliphatic rings. The normalized spacial score (nSPS) is 26.8. The van der Waals surface area contributed by atoms with Crippen molar-refractivity contribution in [2.45, 2.75) is 242 Å². The largest absolute Gasteiger partial charge is 0.743 e. The number of rotatable bonds is 26. The minimum absolute atomic E-state index is 0.0377. The molecule has 0 atom stereocenters. The lowest BCUT2D eigenvalue weighted by atomic mass is 9.49. The highest BCUT2D eigenvalue weighted by Gasteiger charge is 2.61. The number of aliphatic carboxylic acids is 1. The Morgan fingerprint density at radius 1 is 0.306 bits per heavy atom. The fourth-order valence-corrected chi connectivity index (χ4v) is 33.7. The Bertz CT molecular complexity index is 5900. The highest BCUT2D eigenvalue weighted by Crippen LogP contribution is 2.65. The fraction of sp³-hybridized carbons (Fsp3) is 0.464. The van der Waals surface area contributed by atoms with Crippen LogP contribution in [0.4, 0.5) is 26.3 Å². The van der Waals surface area contributed by atoms with E-state index < -0.39 is 106 Å². The lowest BCUT2D eigenvalue weighted by molar-refractivity contribution is -0.177. The van der Waals surface area contributed by atoms with Gasteiger partial charge >= 0.3 is 45.6 Å². The van der Waals surface area contributed by atoms with Gasteiger partial charge in [0, 0.05) is 24.3 Å². The molecule has 0 saturated heterocycles. The van der Waals surface area contributed by atoms with Crippen LogP contribution in [0, 0.1) is 120 Å². The summed E-state index contributed by atoms with van der Waals surface area (Å²) in [7, 11) is -18.1. The molecule has 0 heterocycles. The number of esters is 4. The standard InChI is InChI=1S/C31H33O2S.C22H20O3S.C18H14O2S.3C13H18F2O5S/c1-21-13-28(34(26-9-5-3-6-10-26)27-11-7-4-8-12-27)14-22(2)29(21)33-30(32)31-18-23-15-24(19-31)17-25(16-23)20-31;1-16-13-20(14-17(2)22(16)25-15-21(23)24)26(18-9-5-3-6-10-18)19-11-7-4-8-12-19;19-14-6-10-17(11-7-14)21(16-4-2-1-3-5-16)18-12-8-15(20)9-13-18;3*14-13(15,21(17,18)19)7-20-11(16)12-4-8-1-9(5-12)3-10(2-8)6-12/h3-14,23-25H,15-20H2,1-2H3;3-14H,15H2,1-2H3;1-13H,(H-,19,20);3*8-10H,1-7H2,(H,17,18,19)/q+1;;;;;/p-1. The number of halogens is 6. The Morgan fingerprint density at radius 3 is 0.694 bits per heavy atom. The summed E-state index contributed by atoms with van der Waals surface area (Å²) >= 11 is 0. The number of aryl methyl sites for hydroxylation is 4. The molecule has 16 fully saturated rings. The van der Waals surface area contributed by atoms with Gasteiger partial charge in [-0.25, -0.2) is 30.0 Å². The first-order chi connectivity index (χ1) is 68.1. The van der Waals surface area contributed by atoms with Crippen molar-refractivity contribution in [3.8, 4) is 23.0 Å². The van der Waals surface area contributed by atoms with Crippen LogP contribution in [0.1, 0.15) is 176 Å². The number of hydrogen-bond donors (Lipinski definition) is 3. The van der Waals surface area contributed by atoms with E-state index in [0.29, 0.717) is 117 Å². The number of ether oxygens (including phenoxy) is 5. The van der Waals surface area contributed by atoms with E-state index in [9.17, 15) is 99.4 Å². The predicted molar refractivity (Wildman–Crippen MR) is 525 cm³/mol. The topological polar surface area (TPSA) is 364 Å². The minimum atomic E-state index is -5.81. The Hall–Kier alpha value is -9.91. The van der Waals surface area contributed by atoms with Crippen molar-refractivity contribution in [1.82, 2.24) is 0 Å². The van der Waals surface area contributed by atoms with Crippen molar-refractivity contribution in [1.29, 1.82) is 0 Å². The molecule has 22 nitrogen and oxygen atoms in total. The van der Waals surface area contributed by atoms with Crippen LogP contribution in [-0.4, -0.2) is 126 Å². The Kier molecular flexibility index (Phi) is 32.3. The number of hydrogen-bond acceptors (Lipinski definition) is 21. The van der Waals surface area contributed by atoms with Gasteiger partial charge in [-0.2, -0.15) is 26.3 Å².